The lowest BCUT2D eigenvalue weighted by atomic mass is 10.3. The molecular formula is C18H19N3O2S. The van der Waals surface area contributed by atoms with Gasteiger partial charge in [0, 0.05) is 25.4 Å². The highest BCUT2D eigenvalue weighted by molar-refractivity contribution is 7.97. The predicted octanol–water partition coefficient (Wildman–Crippen LogP) is 3.60. The summed E-state index contributed by atoms with van der Waals surface area (Å²) in [6.45, 7) is 0.476. The molecule has 0 aliphatic rings. The summed E-state index contributed by atoms with van der Waals surface area (Å²) in [4.78, 5) is 14.1. The summed E-state index contributed by atoms with van der Waals surface area (Å²) in [5.74, 6) is 1.82. The topological polar surface area (TPSA) is 51.3 Å². The molecule has 0 saturated heterocycles. The number of para-hydroxylation sites is 1. The van der Waals surface area contributed by atoms with E-state index in [1.165, 1.54) is 0 Å². The van der Waals surface area contributed by atoms with Gasteiger partial charge in [-0.3, -0.25) is 4.79 Å². The van der Waals surface area contributed by atoms with Gasteiger partial charge in [0.25, 0.3) is 5.91 Å². The number of furan rings is 1. The van der Waals surface area contributed by atoms with Crippen molar-refractivity contribution in [2.24, 2.45) is 0 Å². The molecule has 0 saturated carbocycles. The van der Waals surface area contributed by atoms with Gasteiger partial charge in [0.05, 0.1) is 17.6 Å². The standard InChI is InChI=1S/C18H19N3O2S/c1-20(18(22)17-9-8-16(23-17)13-24-2)11-14-10-19-21(12-14)15-6-4-3-5-7-15/h3-10,12H,11,13H2,1-2H3. The molecule has 1 amide bonds. The zero-order valence-corrected chi connectivity index (χ0v) is 14.5. The molecule has 0 aliphatic carbocycles. The fraction of sp³-hybridized carbons (Fsp3) is 0.222. The first-order chi connectivity index (χ1) is 11.7. The van der Waals surface area contributed by atoms with Crippen LogP contribution in [-0.4, -0.2) is 33.9 Å². The quantitative estimate of drug-likeness (QED) is 0.687. The van der Waals surface area contributed by atoms with E-state index in [1.807, 2.05) is 48.9 Å². The number of aromatic nitrogens is 2. The molecule has 1 aromatic carbocycles. The minimum Gasteiger partial charge on any atom is -0.455 e. The van der Waals surface area contributed by atoms with Crippen LogP contribution in [0.4, 0.5) is 0 Å². The Bertz CT molecular complexity index is 811. The summed E-state index contributed by atoms with van der Waals surface area (Å²) in [5, 5.41) is 4.35. The van der Waals surface area contributed by atoms with Crippen molar-refractivity contribution in [3.8, 4) is 5.69 Å². The molecule has 0 fully saturated rings. The maximum absolute atomic E-state index is 12.4. The van der Waals surface area contributed by atoms with E-state index in [0.29, 0.717) is 12.3 Å². The van der Waals surface area contributed by atoms with E-state index >= 15 is 0 Å². The van der Waals surface area contributed by atoms with Crippen molar-refractivity contribution in [1.82, 2.24) is 14.7 Å². The number of carbonyl (C=O) groups is 1. The van der Waals surface area contributed by atoms with Gasteiger partial charge in [0.1, 0.15) is 5.76 Å². The van der Waals surface area contributed by atoms with E-state index in [2.05, 4.69) is 5.10 Å². The molecule has 0 unspecified atom stereocenters. The molecule has 0 atom stereocenters. The van der Waals surface area contributed by atoms with E-state index in [0.717, 1.165) is 22.8 Å². The van der Waals surface area contributed by atoms with Crippen molar-refractivity contribution < 1.29 is 9.21 Å². The number of amides is 1. The minimum absolute atomic E-state index is 0.130. The van der Waals surface area contributed by atoms with Gasteiger partial charge < -0.3 is 9.32 Å². The minimum atomic E-state index is -0.130. The van der Waals surface area contributed by atoms with Gasteiger partial charge in [0.2, 0.25) is 0 Å². The third-order valence-corrected chi connectivity index (χ3v) is 4.16. The van der Waals surface area contributed by atoms with Crippen molar-refractivity contribution in [2.75, 3.05) is 13.3 Å². The molecular weight excluding hydrogens is 322 g/mol. The summed E-state index contributed by atoms with van der Waals surface area (Å²) in [7, 11) is 1.76. The highest BCUT2D eigenvalue weighted by Gasteiger charge is 2.17. The van der Waals surface area contributed by atoms with Crippen molar-refractivity contribution in [2.45, 2.75) is 12.3 Å². The normalized spacial score (nSPS) is 10.8. The summed E-state index contributed by atoms with van der Waals surface area (Å²) in [5.41, 5.74) is 1.95. The Morgan fingerprint density at radius 1 is 1.25 bits per heavy atom. The van der Waals surface area contributed by atoms with Crippen molar-refractivity contribution in [1.29, 1.82) is 0 Å². The Morgan fingerprint density at radius 2 is 2.04 bits per heavy atom. The number of nitrogens with zero attached hydrogens (tertiary/aromatic N) is 3. The van der Waals surface area contributed by atoms with Crippen LogP contribution in [0.2, 0.25) is 0 Å². The highest BCUT2D eigenvalue weighted by atomic mass is 32.2. The second-order valence-electron chi connectivity index (χ2n) is 5.49. The van der Waals surface area contributed by atoms with Crippen LogP contribution in [0.25, 0.3) is 5.69 Å². The van der Waals surface area contributed by atoms with Crippen LogP contribution < -0.4 is 0 Å². The monoisotopic (exact) mass is 341 g/mol. The lowest BCUT2D eigenvalue weighted by molar-refractivity contribution is 0.0752. The van der Waals surface area contributed by atoms with Crippen LogP contribution in [0.15, 0.2) is 59.3 Å². The van der Waals surface area contributed by atoms with E-state index in [-0.39, 0.29) is 5.91 Å². The molecule has 2 heterocycles. The van der Waals surface area contributed by atoms with Gasteiger partial charge in [-0.05, 0) is 30.5 Å². The molecule has 0 radical (unpaired) electrons. The van der Waals surface area contributed by atoms with Crippen LogP contribution in [0.3, 0.4) is 0 Å². The van der Waals surface area contributed by atoms with Crippen LogP contribution >= 0.6 is 11.8 Å². The largest absolute Gasteiger partial charge is 0.455 e. The Labute approximate surface area is 145 Å². The van der Waals surface area contributed by atoms with Crippen LogP contribution in [-0.2, 0) is 12.3 Å². The van der Waals surface area contributed by atoms with Gasteiger partial charge in [-0.2, -0.15) is 16.9 Å². The first-order valence-electron chi connectivity index (χ1n) is 7.59. The Kier molecular flexibility index (Phi) is 5.05. The van der Waals surface area contributed by atoms with Crippen molar-refractivity contribution >= 4 is 17.7 Å². The molecule has 0 bridgehead atoms. The first-order valence-corrected chi connectivity index (χ1v) is 8.99. The summed E-state index contributed by atoms with van der Waals surface area (Å²) in [6.07, 6.45) is 5.71. The smallest absolute Gasteiger partial charge is 0.289 e. The summed E-state index contributed by atoms with van der Waals surface area (Å²) >= 11 is 1.66. The molecule has 3 rings (SSSR count). The Hall–Kier alpha value is -2.47. The van der Waals surface area contributed by atoms with Crippen LogP contribution in [0.1, 0.15) is 21.9 Å². The van der Waals surface area contributed by atoms with Crippen molar-refractivity contribution in [3.63, 3.8) is 0 Å². The molecule has 5 nitrogen and oxygen atoms in total. The molecule has 0 aliphatic heterocycles. The zero-order chi connectivity index (χ0) is 16.9. The molecule has 2 aromatic heterocycles. The van der Waals surface area contributed by atoms with E-state index in [9.17, 15) is 4.79 Å². The van der Waals surface area contributed by atoms with Gasteiger partial charge in [0.15, 0.2) is 5.76 Å². The molecule has 3 aromatic rings. The maximum atomic E-state index is 12.4. The third kappa shape index (κ3) is 3.71. The van der Waals surface area contributed by atoms with Gasteiger partial charge in [-0.1, -0.05) is 18.2 Å². The summed E-state index contributed by atoms with van der Waals surface area (Å²) < 4.78 is 7.39. The zero-order valence-electron chi connectivity index (χ0n) is 13.7. The lowest BCUT2D eigenvalue weighted by Gasteiger charge is -2.14. The van der Waals surface area contributed by atoms with Crippen molar-refractivity contribution in [3.05, 3.63) is 71.9 Å². The number of hydrogen-bond donors (Lipinski definition) is 0. The van der Waals surface area contributed by atoms with Crippen LogP contribution in [0.5, 0.6) is 0 Å². The third-order valence-electron chi connectivity index (χ3n) is 3.58. The molecule has 6 heteroatoms. The second kappa shape index (κ2) is 7.40. The maximum Gasteiger partial charge on any atom is 0.289 e. The summed E-state index contributed by atoms with van der Waals surface area (Å²) in [6, 6.07) is 13.5. The van der Waals surface area contributed by atoms with E-state index in [4.69, 9.17) is 4.42 Å². The Morgan fingerprint density at radius 3 is 2.79 bits per heavy atom. The fourth-order valence-corrected chi connectivity index (χ4v) is 2.85. The molecule has 0 spiro atoms. The Balaban J connectivity index is 1.67. The number of carbonyl (C=O) groups excluding carboxylic acids is 1. The number of hydrogen-bond acceptors (Lipinski definition) is 4. The van der Waals surface area contributed by atoms with E-state index < -0.39 is 0 Å². The molecule has 0 N–H and O–H groups in total. The average molecular weight is 341 g/mol. The number of rotatable bonds is 6. The number of thioether (sulfide) groups is 1. The molecule has 124 valence electrons. The number of benzene rings is 1. The first kappa shape index (κ1) is 16.4. The molecule has 24 heavy (non-hydrogen) atoms. The van der Waals surface area contributed by atoms with Gasteiger partial charge in [-0.25, -0.2) is 4.68 Å². The highest BCUT2D eigenvalue weighted by Crippen LogP contribution is 2.16. The second-order valence-corrected chi connectivity index (χ2v) is 6.35. The van der Waals surface area contributed by atoms with Gasteiger partial charge >= 0.3 is 0 Å². The average Bonchev–Trinajstić information content (AvgIpc) is 3.25. The predicted molar refractivity (Wildman–Crippen MR) is 95.3 cm³/mol. The SMILES string of the molecule is CSCc1ccc(C(=O)N(C)Cc2cnn(-c3ccccc3)c2)o1. The van der Waals surface area contributed by atoms with Gasteiger partial charge in [-0.15, -0.1) is 0 Å². The van der Waals surface area contributed by atoms with Crippen LogP contribution in [0, 0.1) is 0 Å². The van der Waals surface area contributed by atoms with E-state index in [1.54, 1.807) is 40.7 Å². The fourth-order valence-electron chi connectivity index (χ4n) is 2.41. The lowest BCUT2D eigenvalue weighted by Crippen LogP contribution is -2.25.